The minimum Gasteiger partial charge on any atom is -0.378 e. The zero-order chi connectivity index (χ0) is 11.6. The molecule has 1 aromatic carbocycles. The molecule has 0 bridgehead atoms. The van der Waals surface area contributed by atoms with E-state index in [-0.39, 0.29) is 0 Å². The highest BCUT2D eigenvalue weighted by Gasteiger charge is 2.30. The second kappa shape index (κ2) is 4.72. The SMILES string of the molecule is C[Si](C)(C)CC1CC(c2ccccc2)CO1. The summed E-state index contributed by atoms with van der Waals surface area (Å²) < 4.78 is 5.93. The Morgan fingerprint density at radius 2 is 1.88 bits per heavy atom. The maximum Gasteiger partial charge on any atom is 0.0558 e. The molecule has 0 saturated carbocycles. The van der Waals surface area contributed by atoms with Crippen LogP contribution in [0, 0.1) is 0 Å². The van der Waals surface area contributed by atoms with E-state index >= 15 is 0 Å². The molecule has 1 saturated heterocycles. The number of benzene rings is 1. The van der Waals surface area contributed by atoms with E-state index in [9.17, 15) is 0 Å². The van der Waals surface area contributed by atoms with Gasteiger partial charge in [-0.1, -0.05) is 50.0 Å². The van der Waals surface area contributed by atoms with Crippen LogP contribution in [0.5, 0.6) is 0 Å². The quantitative estimate of drug-likeness (QED) is 0.721. The Morgan fingerprint density at radius 3 is 2.50 bits per heavy atom. The molecule has 0 aromatic heterocycles. The van der Waals surface area contributed by atoms with Crippen molar-refractivity contribution in [2.75, 3.05) is 6.61 Å². The van der Waals surface area contributed by atoms with Crippen LogP contribution in [0.4, 0.5) is 0 Å². The predicted molar refractivity (Wildman–Crippen MR) is 71.7 cm³/mol. The van der Waals surface area contributed by atoms with Crippen molar-refractivity contribution in [1.29, 1.82) is 0 Å². The van der Waals surface area contributed by atoms with E-state index < -0.39 is 8.07 Å². The van der Waals surface area contributed by atoms with Crippen LogP contribution in [0.15, 0.2) is 30.3 Å². The molecule has 2 unspecified atom stereocenters. The lowest BCUT2D eigenvalue weighted by molar-refractivity contribution is 0.122. The first-order valence-corrected chi connectivity index (χ1v) is 9.92. The number of ether oxygens (including phenoxy) is 1. The van der Waals surface area contributed by atoms with Gasteiger partial charge in [-0.05, 0) is 18.0 Å². The fraction of sp³-hybridized carbons (Fsp3) is 0.571. The van der Waals surface area contributed by atoms with Crippen LogP contribution in [0.1, 0.15) is 17.9 Å². The van der Waals surface area contributed by atoms with Gasteiger partial charge in [-0.2, -0.15) is 0 Å². The van der Waals surface area contributed by atoms with Gasteiger partial charge in [0.2, 0.25) is 0 Å². The fourth-order valence-electron chi connectivity index (χ4n) is 2.49. The topological polar surface area (TPSA) is 9.23 Å². The lowest BCUT2D eigenvalue weighted by Crippen LogP contribution is -2.26. The number of hydrogen-bond acceptors (Lipinski definition) is 1. The summed E-state index contributed by atoms with van der Waals surface area (Å²) in [6.45, 7) is 8.18. The second-order valence-corrected chi connectivity index (χ2v) is 11.6. The molecule has 1 nitrogen and oxygen atoms in total. The van der Waals surface area contributed by atoms with Crippen molar-refractivity contribution in [1.82, 2.24) is 0 Å². The molecule has 1 heterocycles. The monoisotopic (exact) mass is 234 g/mol. The van der Waals surface area contributed by atoms with Gasteiger partial charge in [-0.15, -0.1) is 0 Å². The second-order valence-electron chi connectivity index (χ2n) is 6.06. The molecule has 0 N–H and O–H groups in total. The predicted octanol–water partition coefficient (Wildman–Crippen LogP) is 3.90. The summed E-state index contributed by atoms with van der Waals surface area (Å²) in [5.74, 6) is 0.627. The van der Waals surface area contributed by atoms with E-state index in [1.165, 1.54) is 18.0 Å². The van der Waals surface area contributed by atoms with E-state index in [0.717, 1.165) is 6.61 Å². The summed E-state index contributed by atoms with van der Waals surface area (Å²) in [5.41, 5.74) is 1.44. The van der Waals surface area contributed by atoms with Crippen molar-refractivity contribution in [2.24, 2.45) is 0 Å². The molecule has 16 heavy (non-hydrogen) atoms. The van der Waals surface area contributed by atoms with Crippen LogP contribution >= 0.6 is 0 Å². The smallest absolute Gasteiger partial charge is 0.0558 e. The Hall–Kier alpha value is -0.603. The first-order chi connectivity index (χ1) is 7.54. The normalized spacial score (nSPS) is 25.9. The molecule has 2 heteroatoms. The van der Waals surface area contributed by atoms with Gasteiger partial charge in [0.05, 0.1) is 12.7 Å². The first-order valence-electron chi connectivity index (χ1n) is 6.21. The Labute approximate surface area is 99.8 Å². The average molecular weight is 234 g/mol. The molecule has 0 aliphatic carbocycles. The summed E-state index contributed by atoms with van der Waals surface area (Å²) in [4.78, 5) is 0. The maximum atomic E-state index is 5.93. The summed E-state index contributed by atoms with van der Waals surface area (Å²) >= 11 is 0. The van der Waals surface area contributed by atoms with E-state index in [4.69, 9.17) is 4.74 Å². The summed E-state index contributed by atoms with van der Waals surface area (Å²) in [6, 6.07) is 12.1. The summed E-state index contributed by atoms with van der Waals surface area (Å²) in [6.07, 6.45) is 1.73. The van der Waals surface area contributed by atoms with Crippen LogP contribution in [0.2, 0.25) is 25.7 Å². The fourth-order valence-corrected chi connectivity index (χ4v) is 4.14. The van der Waals surface area contributed by atoms with Crippen molar-refractivity contribution in [2.45, 2.75) is 44.1 Å². The van der Waals surface area contributed by atoms with Gasteiger partial charge < -0.3 is 4.74 Å². The highest BCUT2D eigenvalue weighted by Crippen LogP contribution is 2.32. The molecule has 1 aliphatic heterocycles. The van der Waals surface area contributed by atoms with Gasteiger partial charge in [0, 0.05) is 14.0 Å². The molecule has 1 fully saturated rings. The van der Waals surface area contributed by atoms with Crippen LogP contribution in [0.25, 0.3) is 0 Å². The van der Waals surface area contributed by atoms with Crippen LogP contribution in [-0.4, -0.2) is 20.8 Å². The largest absolute Gasteiger partial charge is 0.378 e. The molecular formula is C14H22OSi. The third-order valence-corrected chi connectivity index (χ3v) is 4.87. The van der Waals surface area contributed by atoms with Gasteiger partial charge in [0.1, 0.15) is 0 Å². The summed E-state index contributed by atoms with van der Waals surface area (Å²) in [7, 11) is -0.978. The van der Waals surface area contributed by atoms with Gasteiger partial charge in [0.15, 0.2) is 0 Å². The summed E-state index contributed by atoms with van der Waals surface area (Å²) in [5, 5.41) is 0. The Kier molecular flexibility index (Phi) is 3.50. The van der Waals surface area contributed by atoms with Crippen LogP contribution in [0.3, 0.4) is 0 Å². The van der Waals surface area contributed by atoms with Gasteiger partial charge >= 0.3 is 0 Å². The Morgan fingerprint density at radius 1 is 1.19 bits per heavy atom. The van der Waals surface area contributed by atoms with Crippen molar-refractivity contribution >= 4 is 8.07 Å². The van der Waals surface area contributed by atoms with Crippen LogP contribution < -0.4 is 0 Å². The molecule has 2 rings (SSSR count). The molecule has 2 atom stereocenters. The van der Waals surface area contributed by atoms with Crippen LogP contribution in [-0.2, 0) is 4.74 Å². The lowest BCUT2D eigenvalue weighted by Gasteiger charge is -2.20. The van der Waals surface area contributed by atoms with Gasteiger partial charge in [-0.25, -0.2) is 0 Å². The van der Waals surface area contributed by atoms with E-state index in [1.54, 1.807) is 0 Å². The van der Waals surface area contributed by atoms with Gasteiger partial charge in [0.25, 0.3) is 0 Å². The maximum absolute atomic E-state index is 5.93. The zero-order valence-electron chi connectivity index (χ0n) is 10.6. The molecule has 88 valence electrons. The van der Waals surface area contributed by atoms with Gasteiger partial charge in [-0.3, -0.25) is 0 Å². The average Bonchev–Trinajstić information content (AvgIpc) is 2.65. The molecule has 0 radical (unpaired) electrons. The first kappa shape index (κ1) is 11.9. The van der Waals surface area contributed by atoms with Crippen molar-refractivity contribution < 1.29 is 4.74 Å². The third kappa shape index (κ3) is 3.19. The minimum atomic E-state index is -0.978. The van der Waals surface area contributed by atoms with Crippen molar-refractivity contribution in [3.05, 3.63) is 35.9 Å². The van der Waals surface area contributed by atoms with E-state index in [1.807, 2.05) is 0 Å². The molecule has 0 spiro atoms. The zero-order valence-corrected chi connectivity index (χ0v) is 11.6. The van der Waals surface area contributed by atoms with Crippen molar-refractivity contribution in [3.63, 3.8) is 0 Å². The molecular weight excluding hydrogens is 212 g/mol. The number of hydrogen-bond donors (Lipinski definition) is 0. The standard InChI is InChI=1S/C14H22OSi/c1-16(2,3)11-14-9-13(10-15-14)12-7-5-4-6-8-12/h4-8,13-14H,9-11H2,1-3H3. The number of rotatable bonds is 3. The Balaban J connectivity index is 1.94. The third-order valence-electron chi connectivity index (χ3n) is 3.19. The van der Waals surface area contributed by atoms with Crippen molar-refractivity contribution in [3.8, 4) is 0 Å². The molecule has 0 amide bonds. The highest BCUT2D eigenvalue weighted by molar-refractivity contribution is 6.76. The lowest BCUT2D eigenvalue weighted by atomic mass is 9.97. The molecule has 1 aliphatic rings. The van der Waals surface area contributed by atoms with E-state index in [0.29, 0.717) is 12.0 Å². The Bertz CT molecular complexity index is 328. The molecule has 1 aromatic rings. The highest BCUT2D eigenvalue weighted by atomic mass is 28.3. The van der Waals surface area contributed by atoms with E-state index in [2.05, 4.69) is 50.0 Å². The minimum absolute atomic E-state index is 0.511.